The zero-order valence-electron chi connectivity index (χ0n) is 13.6. The first kappa shape index (κ1) is 14.0. The third-order valence-corrected chi connectivity index (χ3v) is 6.99. The SMILES string of the molecule is CC1CCCC(N2C(=O)C3(CC3)NC2C2CCCC2)C1C. The Morgan fingerprint density at radius 2 is 1.76 bits per heavy atom. The summed E-state index contributed by atoms with van der Waals surface area (Å²) in [7, 11) is 0. The summed E-state index contributed by atoms with van der Waals surface area (Å²) in [5, 5.41) is 3.79. The molecule has 0 aromatic carbocycles. The van der Waals surface area contributed by atoms with Gasteiger partial charge in [0.2, 0.25) is 5.91 Å². The molecule has 118 valence electrons. The van der Waals surface area contributed by atoms with Crippen molar-refractivity contribution < 1.29 is 4.79 Å². The minimum Gasteiger partial charge on any atom is -0.322 e. The van der Waals surface area contributed by atoms with E-state index >= 15 is 0 Å². The van der Waals surface area contributed by atoms with E-state index in [1.54, 1.807) is 0 Å². The first-order chi connectivity index (χ1) is 10.1. The Morgan fingerprint density at radius 3 is 2.43 bits per heavy atom. The van der Waals surface area contributed by atoms with E-state index in [2.05, 4.69) is 24.1 Å². The number of carbonyl (C=O) groups is 1. The van der Waals surface area contributed by atoms with Crippen molar-refractivity contribution in [2.24, 2.45) is 17.8 Å². The Labute approximate surface area is 128 Å². The van der Waals surface area contributed by atoms with Crippen molar-refractivity contribution in [3.05, 3.63) is 0 Å². The number of amides is 1. The predicted molar refractivity (Wildman–Crippen MR) is 83.7 cm³/mol. The molecule has 1 N–H and O–H groups in total. The molecule has 3 heteroatoms. The molecule has 4 fully saturated rings. The van der Waals surface area contributed by atoms with E-state index in [0.29, 0.717) is 30.0 Å². The zero-order chi connectivity index (χ0) is 14.6. The van der Waals surface area contributed by atoms with Crippen LogP contribution in [0.15, 0.2) is 0 Å². The lowest BCUT2D eigenvalue weighted by Crippen LogP contribution is -2.52. The molecule has 3 saturated carbocycles. The molecule has 3 nitrogen and oxygen atoms in total. The van der Waals surface area contributed by atoms with Crippen LogP contribution in [0.25, 0.3) is 0 Å². The summed E-state index contributed by atoms with van der Waals surface area (Å²) in [6.07, 6.45) is 11.7. The minimum atomic E-state index is -0.131. The van der Waals surface area contributed by atoms with Crippen molar-refractivity contribution in [2.45, 2.75) is 89.4 Å². The van der Waals surface area contributed by atoms with Gasteiger partial charge in [0, 0.05) is 6.04 Å². The van der Waals surface area contributed by atoms with Gasteiger partial charge in [-0.05, 0) is 49.9 Å². The van der Waals surface area contributed by atoms with E-state index < -0.39 is 0 Å². The molecule has 21 heavy (non-hydrogen) atoms. The van der Waals surface area contributed by atoms with Crippen molar-refractivity contribution >= 4 is 5.91 Å². The molecule has 0 aromatic heterocycles. The first-order valence-electron chi connectivity index (χ1n) is 9.23. The van der Waals surface area contributed by atoms with Crippen LogP contribution in [0.4, 0.5) is 0 Å². The molecule has 4 aliphatic rings. The Bertz CT molecular complexity index is 425. The molecule has 0 aromatic rings. The summed E-state index contributed by atoms with van der Waals surface area (Å²) in [5.41, 5.74) is -0.131. The highest BCUT2D eigenvalue weighted by molar-refractivity contribution is 5.92. The number of nitrogens with zero attached hydrogens (tertiary/aromatic N) is 1. The molecule has 4 unspecified atom stereocenters. The van der Waals surface area contributed by atoms with Gasteiger partial charge >= 0.3 is 0 Å². The summed E-state index contributed by atoms with van der Waals surface area (Å²) < 4.78 is 0. The van der Waals surface area contributed by atoms with Crippen LogP contribution in [-0.4, -0.2) is 28.6 Å². The minimum absolute atomic E-state index is 0.131. The Kier molecular flexibility index (Phi) is 3.33. The van der Waals surface area contributed by atoms with Crippen LogP contribution in [-0.2, 0) is 4.79 Å². The molecule has 3 aliphatic carbocycles. The molecule has 0 bridgehead atoms. The fraction of sp³-hybridized carbons (Fsp3) is 0.944. The smallest absolute Gasteiger partial charge is 0.244 e. The largest absolute Gasteiger partial charge is 0.322 e. The molecule has 1 heterocycles. The highest BCUT2D eigenvalue weighted by Gasteiger charge is 2.62. The maximum atomic E-state index is 13.1. The summed E-state index contributed by atoms with van der Waals surface area (Å²) in [6, 6.07) is 0.485. The van der Waals surface area contributed by atoms with E-state index in [9.17, 15) is 4.79 Å². The van der Waals surface area contributed by atoms with Crippen LogP contribution >= 0.6 is 0 Å². The number of carbonyl (C=O) groups excluding carboxylic acids is 1. The Hall–Kier alpha value is -0.570. The van der Waals surface area contributed by atoms with E-state index in [1.807, 2.05) is 0 Å². The zero-order valence-corrected chi connectivity index (χ0v) is 13.6. The molecule has 4 atom stereocenters. The van der Waals surface area contributed by atoms with E-state index in [1.165, 1.54) is 44.9 Å². The highest BCUT2D eigenvalue weighted by atomic mass is 16.2. The fourth-order valence-electron chi connectivity index (χ4n) is 5.19. The number of rotatable bonds is 2. The van der Waals surface area contributed by atoms with Gasteiger partial charge in [-0.25, -0.2) is 0 Å². The van der Waals surface area contributed by atoms with Gasteiger partial charge in [0.25, 0.3) is 0 Å². The standard InChI is InChI=1S/C18H30N2O/c1-12-6-5-9-15(13(12)2)20-16(14-7-3-4-8-14)19-18(10-11-18)17(20)21/h12-16,19H,3-11H2,1-2H3. The molecule has 1 spiro atoms. The van der Waals surface area contributed by atoms with E-state index in [-0.39, 0.29) is 5.54 Å². The van der Waals surface area contributed by atoms with E-state index in [0.717, 1.165) is 18.8 Å². The monoisotopic (exact) mass is 290 g/mol. The van der Waals surface area contributed by atoms with Gasteiger partial charge in [-0.3, -0.25) is 10.1 Å². The molecule has 0 radical (unpaired) electrons. The first-order valence-corrected chi connectivity index (χ1v) is 9.23. The van der Waals surface area contributed by atoms with Crippen molar-refractivity contribution in [3.63, 3.8) is 0 Å². The van der Waals surface area contributed by atoms with Crippen LogP contribution in [0.5, 0.6) is 0 Å². The van der Waals surface area contributed by atoms with Crippen molar-refractivity contribution in [1.82, 2.24) is 10.2 Å². The van der Waals surface area contributed by atoms with Gasteiger partial charge in [-0.2, -0.15) is 0 Å². The summed E-state index contributed by atoms with van der Waals surface area (Å²) in [4.78, 5) is 15.4. The van der Waals surface area contributed by atoms with Gasteiger partial charge in [0.15, 0.2) is 0 Å². The van der Waals surface area contributed by atoms with Gasteiger partial charge < -0.3 is 4.90 Å². The Balaban J connectivity index is 1.61. The molecule has 1 amide bonds. The van der Waals surface area contributed by atoms with Crippen molar-refractivity contribution in [2.75, 3.05) is 0 Å². The maximum absolute atomic E-state index is 13.1. The third-order valence-electron chi connectivity index (χ3n) is 6.99. The van der Waals surface area contributed by atoms with Crippen LogP contribution in [0.3, 0.4) is 0 Å². The van der Waals surface area contributed by atoms with Gasteiger partial charge in [-0.15, -0.1) is 0 Å². The maximum Gasteiger partial charge on any atom is 0.244 e. The number of nitrogens with one attached hydrogen (secondary N) is 1. The second kappa shape index (κ2) is 4.97. The summed E-state index contributed by atoms with van der Waals surface area (Å²) in [5.74, 6) is 2.57. The van der Waals surface area contributed by atoms with Crippen LogP contribution in [0.2, 0.25) is 0 Å². The quantitative estimate of drug-likeness (QED) is 0.846. The second-order valence-corrected chi connectivity index (χ2v) is 8.26. The van der Waals surface area contributed by atoms with Crippen LogP contribution in [0.1, 0.15) is 71.6 Å². The summed E-state index contributed by atoms with van der Waals surface area (Å²) >= 11 is 0. The average Bonchev–Trinajstić information content (AvgIpc) is 2.94. The third kappa shape index (κ3) is 2.15. The Morgan fingerprint density at radius 1 is 1.05 bits per heavy atom. The second-order valence-electron chi connectivity index (χ2n) is 8.26. The van der Waals surface area contributed by atoms with Gasteiger partial charge in [-0.1, -0.05) is 39.5 Å². The van der Waals surface area contributed by atoms with Gasteiger partial charge in [0.05, 0.1) is 11.7 Å². The normalized spacial score (nSPS) is 43.0. The van der Waals surface area contributed by atoms with Crippen LogP contribution in [0, 0.1) is 17.8 Å². The lowest BCUT2D eigenvalue weighted by Gasteiger charge is -2.43. The van der Waals surface area contributed by atoms with Gasteiger partial charge in [0.1, 0.15) is 0 Å². The van der Waals surface area contributed by atoms with Crippen LogP contribution < -0.4 is 5.32 Å². The molecule has 1 saturated heterocycles. The molecular formula is C18H30N2O. The number of hydrogen-bond acceptors (Lipinski definition) is 2. The van der Waals surface area contributed by atoms with E-state index in [4.69, 9.17) is 0 Å². The number of hydrogen-bond donors (Lipinski definition) is 1. The molecular weight excluding hydrogens is 260 g/mol. The highest BCUT2D eigenvalue weighted by Crippen LogP contribution is 2.48. The van der Waals surface area contributed by atoms with Crippen molar-refractivity contribution in [3.8, 4) is 0 Å². The van der Waals surface area contributed by atoms with Crippen molar-refractivity contribution in [1.29, 1.82) is 0 Å². The predicted octanol–water partition coefficient (Wildman–Crippen LogP) is 3.29. The lowest BCUT2D eigenvalue weighted by molar-refractivity contribution is -0.136. The topological polar surface area (TPSA) is 32.3 Å². The average molecular weight is 290 g/mol. The molecule has 1 aliphatic heterocycles. The molecule has 4 rings (SSSR count). The fourth-order valence-corrected chi connectivity index (χ4v) is 5.19. The lowest BCUT2D eigenvalue weighted by atomic mass is 9.77. The summed E-state index contributed by atoms with van der Waals surface area (Å²) in [6.45, 7) is 4.76.